The molecule has 2 rings (SSSR count). The van der Waals surface area contributed by atoms with Gasteiger partial charge in [-0.15, -0.1) is 0 Å². The normalized spacial score (nSPS) is 17.8. The summed E-state index contributed by atoms with van der Waals surface area (Å²) in [5, 5.41) is 2.63. The number of sulfone groups is 1. The summed E-state index contributed by atoms with van der Waals surface area (Å²) in [6.07, 6.45) is 1.99. The maximum absolute atomic E-state index is 12.2. The number of halogens is 1. The summed E-state index contributed by atoms with van der Waals surface area (Å²) in [7, 11) is -3.09. The number of rotatable bonds is 7. The van der Waals surface area contributed by atoms with Gasteiger partial charge in [-0.1, -0.05) is 28.1 Å². The number of carbonyl (C=O) groups excluding carboxylic acids is 1. The molecule has 0 saturated heterocycles. The monoisotopic (exact) mass is 388 g/mol. The Hall–Kier alpha value is -0.920. The van der Waals surface area contributed by atoms with Crippen molar-refractivity contribution < 1.29 is 13.2 Å². The van der Waals surface area contributed by atoms with Crippen LogP contribution in [0.3, 0.4) is 0 Å². The van der Waals surface area contributed by atoms with Gasteiger partial charge in [0, 0.05) is 11.0 Å². The van der Waals surface area contributed by atoms with E-state index in [1.807, 2.05) is 12.1 Å². The zero-order chi connectivity index (χ0) is 16.4. The molecule has 0 heterocycles. The topological polar surface area (TPSA) is 89.3 Å². The molecule has 0 aromatic heterocycles. The van der Waals surface area contributed by atoms with Gasteiger partial charge >= 0.3 is 0 Å². The molecule has 1 unspecified atom stereocenters. The zero-order valence-corrected chi connectivity index (χ0v) is 14.9. The average Bonchev–Trinajstić information content (AvgIpc) is 3.22. The van der Waals surface area contributed by atoms with E-state index in [0.717, 1.165) is 17.3 Å². The van der Waals surface area contributed by atoms with Gasteiger partial charge in [0.05, 0.1) is 11.5 Å². The molecular weight excluding hydrogens is 368 g/mol. The smallest absolute Gasteiger partial charge is 0.244 e. The Morgan fingerprint density at radius 3 is 2.50 bits per heavy atom. The van der Waals surface area contributed by atoms with E-state index in [1.54, 1.807) is 19.1 Å². The van der Waals surface area contributed by atoms with Gasteiger partial charge in [0.2, 0.25) is 5.91 Å². The van der Waals surface area contributed by atoms with E-state index >= 15 is 0 Å². The number of nitrogens with one attached hydrogen (secondary N) is 1. The third-order valence-corrected chi connectivity index (χ3v) is 6.13. The first-order chi connectivity index (χ1) is 10.2. The molecule has 1 aliphatic rings. The first-order valence-electron chi connectivity index (χ1n) is 7.24. The van der Waals surface area contributed by atoms with E-state index in [-0.39, 0.29) is 24.0 Å². The molecule has 0 bridgehead atoms. The van der Waals surface area contributed by atoms with Crippen LogP contribution in [0.4, 0.5) is 0 Å². The molecule has 1 aliphatic carbocycles. The van der Waals surface area contributed by atoms with Gasteiger partial charge in [-0.3, -0.25) is 4.79 Å². The first kappa shape index (κ1) is 17.4. The third kappa shape index (κ3) is 4.79. The molecule has 0 aliphatic heterocycles. The molecule has 22 heavy (non-hydrogen) atoms. The van der Waals surface area contributed by atoms with Crippen molar-refractivity contribution in [2.24, 2.45) is 11.7 Å². The second-order valence-electron chi connectivity index (χ2n) is 6.02. The molecular formula is C15H21BrN2O3S. The Bertz CT molecular complexity index is 637. The summed E-state index contributed by atoms with van der Waals surface area (Å²) in [6, 6.07) is 7.17. The van der Waals surface area contributed by atoms with Gasteiger partial charge in [-0.2, -0.15) is 0 Å². The highest BCUT2D eigenvalue weighted by Crippen LogP contribution is 2.30. The standard InChI is InChI=1S/C15H21BrN2O3S/c1-15(17,12-4-6-13(16)7-5-12)14(19)18-8-9-22(20,21)10-11-2-3-11/h4-7,11H,2-3,8-10,17H2,1H3,(H,18,19). The maximum Gasteiger partial charge on any atom is 0.244 e. The van der Waals surface area contributed by atoms with Gasteiger partial charge in [-0.05, 0) is 43.4 Å². The van der Waals surface area contributed by atoms with E-state index in [9.17, 15) is 13.2 Å². The summed E-state index contributed by atoms with van der Waals surface area (Å²) in [4.78, 5) is 12.2. The van der Waals surface area contributed by atoms with Crippen molar-refractivity contribution in [2.75, 3.05) is 18.1 Å². The lowest BCUT2D eigenvalue weighted by molar-refractivity contribution is -0.125. The molecule has 1 fully saturated rings. The van der Waals surface area contributed by atoms with Crippen LogP contribution in [0.2, 0.25) is 0 Å². The van der Waals surface area contributed by atoms with Crippen molar-refractivity contribution in [3.63, 3.8) is 0 Å². The van der Waals surface area contributed by atoms with Crippen LogP contribution < -0.4 is 11.1 Å². The molecule has 0 spiro atoms. The first-order valence-corrected chi connectivity index (χ1v) is 9.86. The predicted octanol–water partition coefficient (Wildman–Crippen LogP) is 1.56. The molecule has 1 aromatic rings. The van der Waals surface area contributed by atoms with Gasteiger partial charge in [0.1, 0.15) is 5.54 Å². The molecule has 0 radical (unpaired) electrons. The zero-order valence-electron chi connectivity index (χ0n) is 12.5. The SMILES string of the molecule is CC(N)(C(=O)NCCS(=O)(=O)CC1CC1)c1ccc(Br)cc1. The Kier molecular flexibility index (Phi) is 5.29. The molecule has 1 aromatic carbocycles. The lowest BCUT2D eigenvalue weighted by Crippen LogP contribution is -2.50. The molecule has 1 saturated carbocycles. The van der Waals surface area contributed by atoms with Crippen LogP contribution in [0.5, 0.6) is 0 Å². The van der Waals surface area contributed by atoms with Crippen LogP contribution in [0, 0.1) is 5.92 Å². The number of amides is 1. The van der Waals surface area contributed by atoms with Gasteiger partial charge in [0.15, 0.2) is 9.84 Å². The average molecular weight is 389 g/mol. The fourth-order valence-electron chi connectivity index (χ4n) is 2.16. The van der Waals surface area contributed by atoms with Crippen molar-refractivity contribution in [1.82, 2.24) is 5.32 Å². The summed E-state index contributed by atoms with van der Waals surface area (Å²) < 4.78 is 24.6. The Morgan fingerprint density at radius 2 is 1.95 bits per heavy atom. The second-order valence-corrected chi connectivity index (χ2v) is 9.17. The summed E-state index contributed by atoms with van der Waals surface area (Å²) in [5.74, 6) is 0.140. The highest BCUT2D eigenvalue weighted by Gasteiger charge is 2.31. The summed E-state index contributed by atoms with van der Waals surface area (Å²) >= 11 is 3.33. The van der Waals surface area contributed by atoms with E-state index in [1.165, 1.54) is 0 Å². The van der Waals surface area contributed by atoms with E-state index in [0.29, 0.717) is 11.5 Å². The van der Waals surface area contributed by atoms with Crippen molar-refractivity contribution in [3.8, 4) is 0 Å². The highest BCUT2D eigenvalue weighted by molar-refractivity contribution is 9.10. The minimum atomic E-state index is -3.09. The largest absolute Gasteiger partial charge is 0.353 e. The lowest BCUT2D eigenvalue weighted by atomic mass is 9.92. The van der Waals surface area contributed by atoms with E-state index in [4.69, 9.17) is 5.73 Å². The Labute approximate surface area is 139 Å². The van der Waals surface area contributed by atoms with Gasteiger partial charge < -0.3 is 11.1 Å². The quantitative estimate of drug-likeness (QED) is 0.741. The van der Waals surface area contributed by atoms with Crippen molar-refractivity contribution >= 4 is 31.7 Å². The second kappa shape index (κ2) is 6.68. The fraction of sp³-hybridized carbons (Fsp3) is 0.533. The molecule has 1 amide bonds. The Morgan fingerprint density at radius 1 is 1.36 bits per heavy atom. The van der Waals surface area contributed by atoms with Crippen molar-refractivity contribution in [3.05, 3.63) is 34.3 Å². The third-order valence-electron chi connectivity index (χ3n) is 3.80. The predicted molar refractivity (Wildman–Crippen MR) is 90.1 cm³/mol. The minimum Gasteiger partial charge on any atom is -0.353 e. The summed E-state index contributed by atoms with van der Waals surface area (Å²) in [6.45, 7) is 1.71. The number of benzene rings is 1. The number of hydrogen-bond acceptors (Lipinski definition) is 4. The van der Waals surface area contributed by atoms with Crippen molar-refractivity contribution in [1.29, 1.82) is 0 Å². The number of hydrogen-bond donors (Lipinski definition) is 2. The van der Waals surface area contributed by atoms with Crippen LogP contribution in [-0.2, 0) is 20.2 Å². The number of nitrogens with two attached hydrogens (primary N) is 1. The van der Waals surface area contributed by atoms with Crippen LogP contribution in [-0.4, -0.2) is 32.4 Å². The molecule has 122 valence electrons. The van der Waals surface area contributed by atoms with Crippen LogP contribution in [0.25, 0.3) is 0 Å². The fourth-order valence-corrected chi connectivity index (χ4v) is 4.05. The van der Waals surface area contributed by atoms with E-state index in [2.05, 4.69) is 21.2 Å². The van der Waals surface area contributed by atoms with Crippen LogP contribution in [0.15, 0.2) is 28.7 Å². The van der Waals surface area contributed by atoms with Crippen LogP contribution >= 0.6 is 15.9 Å². The van der Waals surface area contributed by atoms with Gasteiger partial charge in [-0.25, -0.2) is 8.42 Å². The molecule has 3 N–H and O–H groups in total. The van der Waals surface area contributed by atoms with Gasteiger partial charge in [0.25, 0.3) is 0 Å². The minimum absolute atomic E-state index is 0.0361. The highest BCUT2D eigenvalue weighted by atomic mass is 79.9. The summed E-state index contributed by atoms with van der Waals surface area (Å²) in [5.41, 5.74) is 5.58. The molecule has 5 nitrogen and oxygen atoms in total. The van der Waals surface area contributed by atoms with Crippen molar-refractivity contribution in [2.45, 2.75) is 25.3 Å². The van der Waals surface area contributed by atoms with Crippen LogP contribution in [0.1, 0.15) is 25.3 Å². The van der Waals surface area contributed by atoms with E-state index < -0.39 is 15.4 Å². The Balaban J connectivity index is 1.89. The molecule has 1 atom stereocenters. The molecule has 7 heteroatoms. The number of carbonyl (C=O) groups is 1. The lowest BCUT2D eigenvalue weighted by Gasteiger charge is -2.24. The maximum atomic E-state index is 12.2.